The molecule has 1 aromatic heterocycles. The summed E-state index contributed by atoms with van der Waals surface area (Å²) in [6.45, 7) is 0.996. The first-order valence-electron chi connectivity index (χ1n) is 10.3. The van der Waals surface area contributed by atoms with Crippen LogP contribution in [0.1, 0.15) is 24.6 Å². The van der Waals surface area contributed by atoms with E-state index in [1.165, 1.54) is 0 Å². The second-order valence-corrected chi connectivity index (χ2v) is 8.09. The molecule has 0 spiro atoms. The minimum absolute atomic E-state index is 0.169. The van der Waals surface area contributed by atoms with E-state index in [0.29, 0.717) is 46.8 Å². The third kappa shape index (κ3) is 4.85. The van der Waals surface area contributed by atoms with Crippen LogP contribution >= 0.6 is 23.2 Å². The number of hydrogen-bond acceptors (Lipinski definition) is 5. The number of fused-ring (bicyclic) bond motifs is 1. The van der Waals surface area contributed by atoms with Gasteiger partial charge < -0.3 is 19.5 Å². The Kier molecular flexibility index (Phi) is 7.19. The summed E-state index contributed by atoms with van der Waals surface area (Å²) in [6, 6.07) is 14.5. The predicted octanol–water partition coefficient (Wildman–Crippen LogP) is 5.43. The minimum atomic E-state index is -0.528. The maximum Gasteiger partial charge on any atom is 0.407 e. The van der Waals surface area contributed by atoms with Crippen LogP contribution in [0.25, 0.3) is 16.9 Å². The molecule has 1 aliphatic heterocycles. The number of nitrogens with zero attached hydrogens (tertiary/aromatic N) is 2. The molecule has 1 aliphatic rings. The van der Waals surface area contributed by atoms with Crippen LogP contribution in [-0.2, 0) is 9.47 Å². The number of amides is 1. The number of alkyl carbamates (subject to hydrolysis) is 1. The van der Waals surface area contributed by atoms with Crippen LogP contribution in [0.5, 0.6) is 5.75 Å². The van der Waals surface area contributed by atoms with E-state index in [-0.39, 0.29) is 12.6 Å². The average molecular weight is 476 g/mol. The van der Waals surface area contributed by atoms with Gasteiger partial charge in [-0.25, -0.2) is 9.48 Å². The standard InChI is InChI=1S/C23H23Cl2N3O4/c1-30-13-14-32-23(29)26-18-6-4-12-31-22-20(18)27-28(19-7-3-2-5-17(19)25)21(22)15-8-10-16(24)11-9-15/h2-3,5,7-11,18H,4,6,12-14H2,1H3,(H,26,29). The lowest BCUT2D eigenvalue weighted by Gasteiger charge is -2.15. The second-order valence-electron chi connectivity index (χ2n) is 7.25. The molecule has 4 rings (SSSR count). The third-order valence-corrected chi connectivity index (χ3v) is 5.66. The molecule has 9 heteroatoms. The molecule has 7 nitrogen and oxygen atoms in total. The van der Waals surface area contributed by atoms with Crippen LogP contribution < -0.4 is 10.1 Å². The first-order chi connectivity index (χ1) is 15.6. The summed E-state index contributed by atoms with van der Waals surface area (Å²) in [5, 5.41) is 8.94. The zero-order chi connectivity index (χ0) is 22.5. The summed E-state index contributed by atoms with van der Waals surface area (Å²) in [5.74, 6) is 0.604. The highest BCUT2D eigenvalue weighted by molar-refractivity contribution is 6.32. The van der Waals surface area contributed by atoms with Crippen LogP contribution in [0.2, 0.25) is 10.0 Å². The largest absolute Gasteiger partial charge is 0.489 e. The number of rotatable bonds is 6. The molecule has 1 atom stereocenters. The molecule has 2 aromatic carbocycles. The zero-order valence-electron chi connectivity index (χ0n) is 17.5. The van der Waals surface area contributed by atoms with E-state index in [1.807, 2.05) is 42.5 Å². The lowest BCUT2D eigenvalue weighted by molar-refractivity contribution is 0.0960. The molecule has 1 amide bonds. The molecule has 32 heavy (non-hydrogen) atoms. The molecule has 3 aromatic rings. The van der Waals surface area contributed by atoms with Gasteiger partial charge in [0.15, 0.2) is 5.75 Å². The number of carbonyl (C=O) groups excluding carboxylic acids is 1. The Balaban J connectivity index is 1.79. The van der Waals surface area contributed by atoms with E-state index in [1.54, 1.807) is 17.9 Å². The molecule has 1 N–H and O–H groups in total. The van der Waals surface area contributed by atoms with Gasteiger partial charge in [0.05, 0.1) is 30.0 Å². The van der Waals surface area contributed by atoms with Gasteiger partial charge in [0, 0.05) is 17.7 Å². The van der Waals surface area contributed by atoms with Crippen molar-refractivity contribution in [2.45, 2.75) is 18.9 Å². The van der Waals surface area contributed by atoms with Crippen molar-refractivity contribution in [3.63, 3.8) is 0 Å². The van der Waals surface area contributed by atoms with Crippen molar-refractivity contribution in [2.75, 3.05) is 26.9 Å². The average Bonchev–Trinajstić information content (AvgIpc) is 3.05. The van der Waals surface area contributed by atoms with Gasteiger partial charge in [-0.15, -0.1) is 0 Å². The molecule has 0 saturated carbocycles. The monoisotopic (exact) mass is 475 g/mol. The summed E-state index contributed by atoms with van der Waals surface area (Å²) in [4.78, 5) is 12.3. The van der Waals surface area contributed by atoms with Gasteiger partial charge in [-0.05, 0) is 37.1 Å². The first-order valence-corrected chi connectivity index (χ1v) is 11.0. The second kappa shape index (κ2) is 10.3. The Labute approximate surface area is 196 Å². The minimum Gasteiger partial charge on any atom is -0.489 e. The van der Waals surface area contributed by atoms with E-state index >= 15 is 0 Å². The number of hydrogen-bond donors (Lipinski definition) is 1. The SMILES string of the molecule is COCCOC(=O)NC1CCCOc2c1nn(-c1ccccc1Cl)c2-c1ccc(Cl)cc1. The van der Waals surface area contributed by atoms with Crippen LogP contribution in [0.4, 0.5) is 4.79 Å². The Hall–Kier alpha value is -2.74. The van der Waals surface area contributed by atoms with Crippen molar-refractivity contribution >= 4 is 29.3 Å². The summed E-state index contributed by atoms with van der Waals surface area (Å²) in [5.41, 5.74) is 2.94. The highest BCUT2D eigenvalue weighted by atomic mass is 35.5. The zero-order valence-corrected chi connectivity index (χ0v) is 19.0. The van der Waals surface area contributed by atoms with E-state index < -0.39 is 6.09 Å². The van der Waals surface area contributed by atoms with Crippen molar-refractivity contribution in [3.8, 4) is 22.7 Å². The lowest BCUT2D eigenvalue weighted by Crippen LogP contribution is -2.30. The fraction of sp³-hybridized carbons (Fsp3) is 0.304. The number of benzene rings is 2. The lowest BCUT2D eigenvalue weighted by atomic mass is 10.1. The number of para-hydroxylation sites is 1. The Morgan fingerprint density at radius 1 is 1.19 bits per heavy atom. The van der Waals surface area contributed by atoms with Gasteiger partial charge in [-0.2, -0.15) is 5.10 Å². The predicted molar refractivity (Wildman–Crippen MR) is 123 cm³/mol. The van der Waals surface area contributed by atoms with Crippen LogP contribution in [0, 0.1) is 0 Å². The third-order valence-electron chi connectivity index (χ3n) is 5.09. The normalized spacial score (nSPS) is 15.4. The Bertz CT molecular complexity index is 1090. The Morgan fingerprint density at radius 3 is 2.72 bits per heavy atom. The fourth-order valence-electron chi connectivity index (χ4n) is 3.59. The van der Waals surface area contributed by atoms with Gasteiger partial charge in [0.2, 0.25) is 0 Å². The molecular formula is C23H23Cl2N3O4. The van der Waals surface area contributed by atoms with Gasteiger partial charge in [-0.3, -0.25) is 0 Å². The van der Waals surface area contributed by atoms with Crippen molar-refractivity contribution in [1.29, 1.82) is 0 Å². The smallest absolute Gasteiger partial charge is 0.407 e. The number of carbonyl (C=O) groups is 1. The molecule has 0 bridgehead atoms. The van der Waals surface area contributed by atoms with Crippen LogP contribution in [-0.4, -0.2) is 42.8 Å². The van der Waals surface area contributed by atoms with Crippen molar-refractivity contribution in [3.05, 3.63) is 64.3 Å². The molecule has 168 valence electrons. The quantitative estimate of drug-likeness (QED) is 0.480. The summed E-state index contributed by atoms with van der Waals surface area (Å²) >= 11 is 12.6. The Morgan fingerprint density at radius 2 is 1.97 bits per heavy atom. The molecule has 2 heterocycles. The van der Waals surface area contributed by atoms with Crippen LogP contribution in [0.3, 0.4) is 0 Å². The van der Waals surface area contributed by atoms with Gasteiger partial charge in [0.25, 0.3) is 0 Å². The molecule has 1 unspecified atom stereocenters. The van der Waals surface area contributed by atoms with Crippen LogP contribution in [0.15, 0.2) is 48.5 Å². The summed E-state index contributed by atoms with van der Waals surface area (Å²) in [6.07, 6.45) is 0.887. The van der Waals surface area contributed by atoms with E-state index in [9.17, 15) is 4.79 Å². The summed E-state index contributed by atoms with van der Waals surface area (Å²) in [7, 11) is 1.55. The van der Waals surface area contributed by atoms with E-state index in [4.69, 9.17) is 42.5 Å². The molecule has 0 aliphatic carbocycles. The maximum atomic E-state index is 12.3. The van der Waals surface area contributed by atoms with Crippen molar-refractivity contribution < 1.29 is 19.0 Å². The first kappa shape index (κ1) is 22.5. The van der Waals surface area contributed by atoms with E-state index in [0.717, 1.165) is 17.7 Å². The number of nitrogens with one attached hydrogen (secondary N) is 1. The van der Waals surface area contributed by atoms with Gasteiger partial charge in [0.1, 0.15) is 18.0 Å². The topological polar surface area (TPSA) is 74.6 Å². The summed E-state index contributed by atoms with van der Waals surface area (Å²) < 4.78 is 18.0. The fourth-order valence-corrected chi connectivity index (χ4v) is 3.93. The highest BCUT2D eigenvalue weighted by Crippen LogP contribution is 2.42. The van der Waals surface area contributed by atoms with Crippen molar-refractivity contribution in [1.82, 2.24) is 15.1 Å². The molecule has 0 fully saturated rings. The van der Waals surface area contributed by atoms with E-state index in [2.05, 4.69) is 5.32 Å². The van der Waals surface area contributed by atoms with Crippen molar-refractivity contribution in [2.24, 2.45) is 0 Å². The maximum absolute atomic E-state index is 12.3. The molecule has 0 radical (unpaired) electrons. The number of ether oxygens (including phenoxy) is 3. The molecule has 0 saturated heterocycles. The number of halogens is 2. The van der Waals surface area contributed by atoms with Gasteiger partial charge in [-0.1, -0.05) is 47.5 Å². The molecular weight excluding hydrogens is 453 g/mol. The highest BCUT2D eigenvalue weighted by Gasteiger charge is 2.31. The number of methoxy groups -OCH3 is 1. The number of aromatic nitrogens is 2. The van der Waals surface area contributed by atoms with Gasteiger partial charge >= 0.3 is 6.09 Å².